The fourth-order valence-electron chi connectivity index (χ4n) is 3.61. The van der Waals surface area contributed by atoms with Gasteiger partial charge in [-0.3, -0.25) is 4.79 Å². The van der Waals surface area contributed by atoms with E-state index in [2.05, 4.69) is 17.2 Å². The molecule has 0 aliphatic carbocycles. The van der Waals surface area contributed by atoms with E-state index >= 15 is 0 Å². The first kappa shape index (κ1) is 21.9. The Kier molecular flexibility index (Phi) is 7.43. The predicted molar refractivity (Wildman–Crippen MR) is 115 cm³/mol. The molecule has 0 unspecified atom stereocenters. The lowest BCUT2D eigenvalue weighted by molar-refractivity contribution is -0.126. The number of carbonyl (C=O) groups is 1. The second kappa shape index (κ2) is 9.82. The van der Waals surface area contributed by atoms with Crippen LogP contribution in [0.1, 0.15) is 42.5 Å². The normalized spacial score (nSPS) is 16.1. The van der Waals surface area contributed by atoms with E-state index in [4.69, 9.17) is 0 Å². The molecule has 0 spiro atoms. The Morgan fingerprint density at radius 2 is 1.90 bits per heavy atom. The fourth-order valence-corrected chi connectivity index (χ4v) is 5.72. The number of rotatable bonds is 8. The first-order chi connectivity index (χ1) is 13.9. The molecule has 1 aromatic heterocycles. The van der Waals surface area contributed by atoms with E-state index in [1.807, 2.05) is 24.4 Å². The molecular formula is C21H29N3O3S2. The zero-order valence-electron chi connectivity index (χ0n) is 17.1. The summed E-state index contributed by atoms with van der Waals surface area (Å²) in [7, 11) is -3.50. The molecule has 1 aliphatic rings. The Morgan fingerprint density at radius 1 is 1.21 bits per heavy atom. The van der Waals surface area contributed by atoms with Gasteiger partial charge in [0.25, 0.3) is 0 Å². The van der Waals surface area contributed by atoms with Gasteiger partial charge in [-0.15, -0.1) is 11.3 Å². The van der Waals surface area contributed by atoms with E-state index in [0.717, 1.165) is 35.5 Å². The SMILES string of the molecule is CCCc1ccc(S(=O)(=O)N2CCC(C(=O)NCCc3csc(C)n3)CC2)cc1. The third-order valence-corrected chi connectivity index (χ3v) is 8.01. The molecule has 1 aliphatic heterocycles. The summed E-state index contributed by atoms with van der Waals surface area (Å²) in [6.07, 6.45) is 3.80. The summed E-state index contributed by atoms with van der Waals surface area (Å²) in [6, 6.07) is 7.17. The van der Waals surface area contributed by atoms with Crippen LogP contribution in [0.4, 0.5) is 0 Å². The molecule has 0 radical (unpaired) electrons. The molecule has 0 atom stereocenters. The molecule has 3 rings (SSSR count). The van der Waals surface area contributed by atoms with E-state index in [9.17, 15) is 13.2 Å². The number of amides is 1. The van der Waals surface area contributed by atoms with Gasteiger partial charge < -0.3 is 5.32 Å². The highest BCUT2D eigenvalue weighted by Gasteiger charge is 2.31. The van der Waals surface area contributed by atoms with Crippen molar-refractivity contribution in [2.75, 3.05) is 19.6 Å². The van der Waals surface area contributed by atoms with Gasteiger partial charge in [-0.1, -0.05) is 25.5 Å². The number of nitrogens with one attached hydrogen (secondary N) is 1. The highest BCUT2D eigenvalue weighted by Crippen LogP contribution is 2.24. The summed E-state index contributed by atoms with van der Waals surface area (Å²) in [5.74, 6) is -0.122. The van der Waals surface area contributed by atoms with Crippen molar-refractivity contribution in [3.8, 4) is 0 Å². The Balaban J connectivity index is 1.49. The number of aromatic nitrogens is 1. The summed E-state index contributed by atoms with van der Waals surface area (Å²) >= 11 is 1.61. The van der Waals surface area contributed by atoms with Crippen molar-refractivity contribution < 1.29 is 13.2 Å². The highest BCUT2D eigenvalue weighted by molar-refractivity contribution is 7.89. The number of carbonyl (C=O) groups excluding carboxylic acids is 1. The van der Waals surface area contributed by atoms with Gasteiger partial charge in [-0.25, -0.2) is 13.4 Å². The number of hydrogen-bond donors (Lipinski definition) is 1. The minimum absolute atomic E-state index is 0.0120. The second-order valence-electron chi connectivity index (χ2n) is 7.47. The van der Waals surface area contributed by atoms with E-state index in [-0.39, 0.29) is 11.8 Å². The first-order valence-corrected chi connectivity index (χ1v) is 12.5. The molecule has 0 saturated carbocycles. The van der Waals surface area contributed by atoms with Gasteiger partial charge in [0.05, 0.1) is 15.6 Å². The van der Waals surface area contributed by atoms with Crippen molar-refractivity contribution in [2.45, 2.75) is 50.8 Å². The second-order valence-corrected chi connectivity index (χ2v) is 10.5. The van der Waals surface area contributed by atoms with Crippen molar-refractivity contribution in [2.24, 2.45) is 5.92 Å². The van der Waals surface area contributed by atoms with E-state index in [1.54, 1.807) is 23.5 Å². The summed E-state index contributed by atoms with van der Waals surface area (Å²) in [4.78, 5) is 17.1. The molecule has 1 N–H and O–H groups in total. The maximum absolute atomic E-state index is 12.9. The average Bonchev–Trinajstić information content (AvgIpc) is 3.14. The number of nitrogens with zero attached hydrogens (tertiary/aromatic N) is 2. The zero-order chi connectivity index (χ0) is 20.9. The van der Waals surface area contributed by atoms with Crippen LogP contribution < -0.4 is 5.32 Å². The lowest BCUT2D eigenvalue weighted by Gasteiger charge is -2.30. The summed E-state index contributed by atoms with van der Waals surface area (Å²) in [5.41, 5.74) is 2.15. The number of benzene rings is 1. The van der Waals surface area contributed by atoms with Gasteiger partial charge in [0.1, 0.15) is 0 Å². The monoisotopic (exact) mass is 435 g/mol. The van der Waals surface area contributed by atoms with Gasteiger partial charge in [0, 0.05) is 37.4 Å². The van der Waals surface area contributed by atoms with Crippen LogP contribution in [0.25, 0.3) is 0 Å². The number of sulfonamides is 1. The molecule has 0 bridgehead atoms. The number of piperidine rings is 1. The third-order valence-electron chi connectivity index (χ3n) is 5.27. The maximum Gasteiger partial charge on any atom is 0.243 e. The zero-order valence-corrected chi connectivity index (χ0v) is 18.7. The van der Waals surface area contributed by atoms with Crippen LogP contribution in [-0.2, 0) is 27.7 Å². The lowest BCUT2D eigenvalue weighted by atomic mass is 9.97. The molecule has 2 aromatic rings. The molecule has 6 nitrogen and oxygen atoms in total. The molecule has 29 heavy (non-hydrogen) atoms. The average molecular weight is 436 g/mol. The Bertz CT molecular complexity index is 915. The number of hydrogen-bond acceptors (Lipinski definition) is 5. The predicted octanol–water partition coefficient (Wildman–Crippen LogP) is 3.16. The topological polar surface area (TPSA) is 79.4 Å². The molecule has 158 valence electrons. The van der Waals surface area contributed by atoms with Crippen LogP contribution in [0.15, 0.2) is 34.5 Å². The minimum atomic E-state index is -3.50. The van der Waals surface area contributed by atoms with Crippen LogP contribution in [0.5, 0.6) is 0 Å². The quantitative estimate of drug-likeness (QED) is 0.691. The van der Waals surface area contributed by atoms with E-state index < -0.39 is 10.0 Å². The van der Waals surface area contributed by atoms with Crippen LogP contribution in [0, 0.1) is 12.8 Å². The van der Waals surface area contributed by atoms with Crippen molar-refractivity contribution in [3.63, 3.8) is 0 Å². The van der Waals surface area contributed by atoms with Gasteiger partial charge in [0.15, 0.2) is 0 Å². The number of thiazole rings is 1. The molecule has 8 heteroatoms. The van der Waals surface area contributed by atoms with Gasteiger partial charge in [0.2, 0.25) is 15.9 Å². The summed E-state index contributed by atoms with van der Waals surface area (Å²) < 4.78 is 27.3. The molecule has 1 aromatic carbocycles. The summed E-state index contributed by atoms with van der Waals surface area (Å²) in [5, 5.41) is 6.01. The first-order valence-electron chi connectivity index (χ1n) is 10.2. The fraction of sp³-hybridized carbons (Fsp3) is 0.524. The van der Waals surface area contributed by atoms with Crippen molar-refractivity contribution >= 4 is 27.3 Å². The molecular weight excluding hydrogens is 406 g/mol. The van der Waals surface area contributed by atoms with E-state index in [0.29, 0.717) is 37.4 Å². The van der Waals surface area contributed by atoms with Crippen LogP contribution in [-0.4, -0.2) is 43.2 Å². The standard InChI is InChI=1S/C21H29N3O3S2/c1-3-4-17-5-7-20(8-6-17)29(26,27)24-13-10-18(11-14-24)21(25)22-12-9-19-15-28-16(2)23-19/h5-8,15,18H,3-4,9-14H2,1-2H3,(H,22,25). The Morgan fingerprint density at radius 3 is 2.48 bits per heavy atom. The van der Waals surface area contributed by atoms with Crippen molar-refractivity contribution in [3.05, 3.63) is 45.9 Å². The largest absolute Gasteiger partial charge is 0.355 e. The molecule has 2 heterocycles. The number of aryl methyl sites for hydroxylation is 2. The summed E-state index contributed by atoms with van der Waals surface area (Å²) in [6.45, 7) is 5.38. The van der Waals surface area contributed by atoms with Gasteiger partial charge in [-0.05, 0) is 43.9 Å². The van der Waals surface area contributed by atoms with E-state index in [1.165, 1.54) is 4.31 Å². The van der Waals surface area contributed by atoms with Crippen LogP contribution in [0.3, 0.4) is 0 Å². The molecule has 1 fully saturated rings. The Hall–Kier alpha value is -1.77. The van der Waals surface area contributed by atoms with Crippen LogP contribution >= 0.6 is 11.3 Å². The maximum atomic E-state index is 12.9. The molecule has 1 amide bonds. The Labute approximate surface area is 177 Å². The van der Waals surface area contributed by atoms with Gasteiger partial charge >= 0.3 is 0 Å². The van der Waals surface area contributed by atoms with Crippen molar-refractivity contribution in [1.82, 2.24) is 14.6 Å². The van der Waals surface area contributed by atoms with Gasteiger partial charge in [-0.2, -0.15) is 4.31 Å². The minimum Gasteiger partial charge on any atom is -0.355 e. The van der Waals surface area contributed by atoms with Crippen molar-refractivity contribution in [1.29, 1.82) is 0 Å². The van der Waals surface area contributed by atoms with Crippen LogP contribution in [0.2, 0.25) is 0 Å². The highest BCUT2D eigenvalue weighted by atomic mass is 32.2. The molecule has 1 saturated heterocycles. The third kappa shape index (κ3) is 5.65. The lowest BCUT2D eigenvalue weighted by Crippen LogP contribution is -2.43. The smallest absolute Gasteiger partial charge is 0.243 e.